The molecule has 1 aromatic rings. The van der Waals surface area contributed by atoms with Gasteiger partial charge in [0, 0.05) is 18.3 Å². The molecule has 1 aliphatic rings. The molecule has 1 atom stereocenters. The number of anilines is 1. The van der Waals surface area contributed by atoms with E-state index in [-0.39, 0.29) is 0 Å². The minimum Gasteiger partial charge on any atom is -0.381 e. The number of nitrogens with one attached hydrogen (secondary N) is 2. The van der Waals surface area contributed by atoms with Gasteiger partial charge < -0.3 is 10.6 Å². The molecule has 0 saturated carbocycles. The van der Waals surface area contributed by atoms with Crippen LogP contribution in [0.25, 0.3) is 0 Å². The summed E-state index contributed by atoms with van der Waals surface area (Å²) in [7, 11) is 0. The van der Waals surface area contributed by atoms with E-state index < -0.39 is 0 Å². The maximum atomic E-state index is 3.59. The van der Waals surface area contributed by atoms with Crippen LogP contribution in [0.2, 0.25) is 0 Å². The summed E-state index contributed by atoms with van der Waals surface area (Å²) in [5, 5.41) is 6.95. The van der Waals surface area contributed by atoms with Crippen molar-refractivity contribution in [2.24, 2.45) is 0 Å². The van der Waals surface area contributed by atoms with Crippen LogP contribution in [0, 0.1) is 13.8 Å². The van der Waals surface area contributed by atoms with Crippen LogP contribution in [-0.4, -0.2) is 19.1 Å². The highest BCUT2D eigenvalue weighted by molar-refractivity contribution is 5.54. The summed E-state index contributed by atoms with van der Waals surface area (Å²) in [6.45, 7) is 6.57. The van der Waals surface area contributed by atoms with Crippen LogP contribution in [0.3, 0.4) is 0 Å². The quantitative estimate of drug-likeness (QED) is 0.746. The molecule has 76 valence electrons. The lowest BCUT2D eigenvalue weighted by Gasteiger charge is -2.16. The Bertz CT molecular complexity index is 314. The highest BCUT2D eigenvalue weighted by Crippen LogP contribution is 2.19. The van der Waals surface area contributed by atoms with Crippen molar-refractivity contribution in [3.63, 3.8) is 0 Å². The number of benzene rings is 1. The lowest BCUT2D eigenvalue weighted by Crippen LogP contribution is -2.22. The molecule has 1 aromatic carbocycles. The molecular formula is C12H18N2. The Morgan fingerprint density at radius 2 is 2.21 bits per heavy atom. The van der Waals surface area contributed by atoms with E-state index in [0.717, 1.165) is 13.1 Å². The normalized spacial score (nSPS) is 21.1. The first-order valence-electron chi connectivity index (χ1n) is 5.31. The molecular weight excluding hydrogens is 172 g/mol. The second-order valence-corrected chi connectivity index (χ2v) is 4.08. The van der Waals surface area contributed by atoms with Gasteiger partial charge in [-0.25, -0.2) is 0 Å². The van der Waals surface area contributed by atoms with E-state index in [9.17, 15) is 0 Å². The number of rotatable bonds is 2. The van der Waals surface area contributed by atoms with E-state index in [1.165, 1.54) is 23.2 Å². The van der Waals surface area contributed by atoms with Gasteiger partial charge in [0.05, 0.1) is 0 Å². The molecule has 1 unspecified atom stereocenters. The van der Waals surface area contributed by atoms with E-state index in [2.05, 4.69) is 42.7 Å². The molecule has 2 heteroatoms. The Kier molecular flexibility index (Phi) is 2.73. The third kappa shape index (κ3) is 1.90. The summed E-state index contributed by atoms with van der Waals surface area (Å²) < 4.78 is 0. The average molecular weight is 190 g/mol. The minimum absolute atomic E-state index is 0.607. The molecule has 0 radical (unpaired) electrons. The summed E-state index contributed by atoms with van der Waals surface area (Å²) in [5.74, 6) is 0. The molecule has 0 aromatic heterocycles. The van der Waals surface area contributed by atoms with E-state index in [0.29, 0.717) is 6.04 Å². The smallest absolute Gasteiger partial charge is 0.0398 e. The molecule has 0 aliphatic carbocycles. The molecule has 1 aliphatic heterocycles. The average Bonchev–Trinajstić information content (AvgIpc) is 2.66. The highest BCUT2D eigenvalue weighted by Gasteiger charge is 2.14. The Balaban J connectivity index is 2.11. The minimum atomic E-state index is 0.607. The van der Waals surface area contributed by atoms with Gasteiger partial charge in [-0.2, -0.15) is 0 Å². The summed E-state index contributed by atoms with van der Waals surface area (Å²) >= 11 is 0. The lowest BCUT2D eigenvalue weighted by molar-refractivity contribution is 0.792. The molecule has 2 nitrogen and oxygen atoms in total. The molecule has 1 fully saturated rings. The lowest BCUT2D eigenvalue weighted by atomic mass is 10.1. The van der Waals surface area contributed by atoms with Crippen LogP contribution in [0.15, 0.2) is 18.2 Å². The van der Waals surface area contributed by atoms with Crippen LogP contribution in [0.1, 0.15) is 17.5 Å². The van der Waals surface area contributed by atoms with Crippen molar-refractivity contribution >= 4 is 5.69 Å². The monoisotopic (exact) mass is 190 g/mol. The standard InChI is InChI=1S/C12H18N2/c1-9-4-3-5-12(10(9)2)14-11-6-7-13-8-11/h3-5,11,13-14H,6-8H2,1-2H3. The molecule has 0 spiro atoms. The zero-order valence-electron chi connectivity index (χ0n) is 8.93. The molecule has 0 amide bonds. The van der Waals surface area contributed by atoms with Crippen molar-refractivity contribution < 1.29 is 0 Å². The predicted molar refractivity (Wildman–Crippen MR) is 60.8 cm³/mol. The number of hydrogen-bond acceptors (Lipinski definition) is 2. The zero-order chi connectivity index (χ0) is 9.97. The summed E-state index contributed by atoms with van der Waals surface area (Å²) in [6, 6.07) is 7.05. The van der Waals surface area contributed by atoms with Gasteiger partial charge in [-0.1, -0.05) is 12.1 Å². The molecule has 1 saturated heterocycles. The molecule has 0 bridgehead atoms. The SMILES string of the molecule is Cc1cccc(NC2CCNC2)c1C. The number of hydrogen-bond donors (Lipinski definition) is 2. The van der Waals surface area contributed by atoms with Gasteiger partial charge in [-0.05, 0) is 44.0 Å². The molecule has 2 N–H and O–H groups in total. The maximum absolute atomic E-state index is 3.59. The van der Waals surface area contributed by atoms with Gasteiger partial charge in [-0.15, -0.1) is 0 Å². The van der Waals surface area contributed by atoms with Gasteiger partial charge in [0.25, 0.3) is 0 Å². The fourth-order valence-electron chi connectivity index (χ4n) is 1.91. The van der Waals surface area contributed by atoms with Gasteiger partial charge in [-0.3, -0.25) is 0 Å². The van der Waals surface area contributed by atoms with E-state index in [1.807, 2.05) is 0 Å². The second kappa shape index (κ2) is 4.01. The van der Waals surface area contributed by atoms with Crippen molar-refractivity contribution in [3.05, 3.63) is 29.3 Å². The Hall–Kier alpha value is -1.02. The summed E-state index contributed by atoms with van der Waals surface area (Å²) in [5.41, 5.74) is 4.03. The Morgan fingerprint density at radius 1 is 1.36 bits per heavy atom. The molecule has 1 heterocycles. The fourth-order valence-corrected chi connectivity index (χ4v) is 1.91. The van der Waals surface area contributed by atoms with Crippen molar-refractivity contribution in [2.75, 3.05) is 18.4 Å². The first-order valence-corrected chi connectivity index (χ1v) is 5.31. The van der Waals surface area contributed by atoms with E-state index >= 15 is 0 Å². The van der Waals surface area contributed by atoms with Crippen LogP contribution in [-0.2, 0) is 0 Å². The summed E-state index contributed by atoms with van der Waals surface area (Å²) in [6.07, 6.45) is 1.23. The van der Waals surface area contributed by atoms with Gasteiger partial charge in [0.1, 0.15) is 0 Å². The maximum Gasteiger partial charge on any atom is 0.0398 e. The zero-order valence-corrected chi connectivity index (χ0v) is 8.93. The molecule has 2 rings (SSSR count). The second-order valence-electron chi connectivity index (χ2n) is 4.08. The first kappa shape index (κ1) is 9.53. The largest absolute Gasteiger partial charge is 0.381 e. The van der Waals surface area contributed by atoms with Crippen LogP contribution in [0.4, 0.5) is 5.69 Å². The van der Waals surface area contributed by atoms with E-state index in [1.54, 1.807) is 0 Å². The number of aryl methyl sites for hydroxylation is 1. The van der Waals surface area contributed by atoms with Gasteiger partial charge in [0.15, 0.2) is 0 Å². The molecule has 14 heavy (non-hydrogen) atoms. The Labute approximate surface area is 85.7 Å². The first-order chi connectivity index (χ1) is 6.77. The van der Waals surface area contributed by atoms with Gasteiger partial charge in [0.2, 0.25) is 0 Å². The van der Waals surface area contributed by atoms with Crippen molar-refractivity contribution in [2.45, 2.75) is 26.3 Å². The highest BCUT2D eigenvalue weighted by atomic mass is 15.0. The Morgan fingerprint density at radius 3 is 2.93 bits per heavy atom. The van der Waals surface area contributed by atoms with Crippen LogP contribution < -0.4 is 10.6 Å². The van der Waals surface area contributed by atoms with Crippen molar-refractivity contribution in [3.8, 4) is 0 Å². The third-order valence-electron chi connectivity index (χ3n) is 3.02. The topological polar surface area (TPSA) is 24.1 Å². The van der Waals surface area contributed by atoms with Crippen molar-refractivity contribution in [1.29, 1.82) is 0 Å². The van der Waals surface area contributed by atoms with Crippen LogP contribution >= 0.6 is 0 Å². The predicted octanol–water partition coefficient (Wildman–Crippen LogP) is 2.08. The third-order valence-corrected chi connectivity index (χ3v) is 3.02. The summed E-state index contributed by atoms with van der Waals surface area (Å²) in [4.78, 5) is 0. The van der Waals surface area contributed by atoms with Crippen molar-refractivity contribution in [1.82, 2.24) is 5.32 Å². The van der Waals surface area contributed by atoms with Crippen LogP contribution in [0.5, 0.6) is 0 Å². The fraction of sp³-hybridized carbons (Fsp3) is 0.500. The van der Waals surface area contributed by atoms with Gasteiger partial charge >= 0.3 is 0 Å². The van der Waals surface area contributed by atoms with E-state index in [4.69, 9.17) is 0 Å².